The van der Waals surface area contributed by atoms with Gasteiger partial charge in [-0.25, -0.2) is 0 Å². The first-order valence-corrected chi connectivity index (χ1v) is 6.85. The van der Waals surface area contributed by atoms with E-state index in [0.29, 0.717) is 0 Å². The van der Waals surface area contributed by atoms with Crippen LogP contribution in [0.4, 0.5) is 5.82 Å². The average molecular weight is 279 g/mol. The van der Waals surface area contributed by atoms with Crippen molar-refractivity contribution in [3.8, 4) is 0 Å². The Kier molecular flexibility index (Phi) is 4.60. The summed E-state index contributed by atoms with van der Waals surface area (Å²) in [4.78, 5) is 24.6. The minimum absolute atomic E-state index is 0.0497. The summed E-state index contributed by atoms with van der Waals surface area (Å²) in [6.07, 6.45) is 1.77. The lowest BCUT2D eigenvalue weighted by atomic mass is 10.1. The lowest BCUT2D eigenvalue weighted by Gasteiger charge is -2.32. The number of carbonyl (C=O) groups excluding carboxylic acids is 2. The summed E-state index contributed by atoms with van der Waals surface area (Å²) in [5.41, 5.74) is 1.05. The zero-order valence-electron chi connectivity index (χ0n) is 11.9. The van der Waals surface area contributed by atoms with Crippen LogP contribution in [0.25, 0.3) is 0 Å². The van der Waals surface area contributed by atoms with E-state index in [-0.39, 0.29) is 24.4 Å². The highest BCUT2D eigenvalue weighted by atomic mass is 16.2. The molecule has 0 radical (unpaired) electrons. The number of aromatic amines is 1. The highest BCUT2D eigenvalue weighted by Gasteiger charge is 2.21. The molecule has 0 atom stereocenters. The Balaban J connectivity index is 1.74. The van der Waals surface area contributed by atoms with Crippen LogP contribution in [0, 0.1) is 6.92 Å². The smallest absolute Gasteiger partial charge is 0.239 e. The van der Waals surface area contributed by atoms with Gasteiger partial charge in [0, 0.05) is 37.8 Å². The van der Waals surface area contributed by atoms with E-state index in [2.05, 4.69) is 25.7 Å². The monoisotopic (exact) mass is 279 g/mol. The minimum atomic E-state index is -0.191. The molecule has 0 saturated carbocycles. The van der Waals surface area contributed by atoms with Crippen LogP contribution in [0.2, 0.25) is 0 Å². The number of hydrogen-bond acceptors (Lipinski definition) is 4. The fraction of sp³-hybridized carbons (Fsp3) is 0.615. The van der Waals surface area contributed by atoms with Gasteiger partial charge in [-0.15, -0.1) is 0 Å². The van der Waals surface area contributed by atoms with E-state index in [0.717, 1.165) is 37.4 Å². The summed E-state index contributed by atoms with van der Waals surface area (Å²) in [5.74, 6) is 0.642. The van der Waals surface area contributed by atoms with E-state index in [1.807, 2.05) is 13.0 Å². The first-order valence-electron chi connectivity index (χ1n) is 6.85. The van der Waals surface area contributed by atoms with Crippen LogP contribution < -0.4 is 15.5 Å². The van der Waals surface area contributed by atoms with Crippen LogP contribution in [0.5, 0.6) is 0 Å². The first-order chi connectivity index (χ1) is 9.54. The van der Waals surface area contributed by atoms with Crippen molar-refractivity contribution in [1.82, 2.24) is 20.8 Å². The Hall–Kier alpha value is -2.05. The number of H-pyrrole nitrogens is 1. The zero-order chi connectivity index (χ0) is 14.5. The molecule has 1 aromatic rings. The molecule has 2 amide bonds. The second-order valence-electron chi connectivity index (χ2n) is 5.15. The predicted molar refractivity (Wildman–Crippen MR) is 75.4 cm³/mol. The van der Waals surface area contributed by atoms with Crippen molar-refractivity contribution in [3.63, 3.8) is 0 Å². The van der Waals surface area contributed by atoms with Crippen LogP contribution in [-0.4, -0.2) is 47.7 Å². The number of rotatable bonds is 4. The Bertz CT molecular complexity index is 477. The predicted octanol–water partition coefficient (Wildman–Crippen LogP) is -0.0608. The van der Waals surface area contributed by atoms with E-state index in [9.17, 15) is 9.59 Å². The van der Waals surface area contributed by atoms with E-state index in [1.165, 1.54) is 6.92 Å². The van der Waals surface area contributed by atoms with Gasteiger partial charge < -0.3 is 15.5 Å². The number of amides is 2. The van der Waals surface area contributed by atoms with Gasteiger partial charge in [-0.05, 0) is 19.8 Å². The third kappa shape index (κ3) is 3.97. The number of aryl methyl sites for hydroxylation is 1. The largest absolute Gasteiger partial charge is 0.355 e. The normalized spacial score (nSPS) is 16.0. The number of carbonyl (C=O) groups is 2. The lowest BCUT2D eigenvalue weighted by Crippen LogP contribution is -2.47. The van der Waals surface area contributed by atoms with Gasteiger partial charge in [0.05, 0.1) is 6.54 Å². The fourth-order valence-electron chi connectivity index (χ4n) is 2.30. The van der Waals surface area contributed by atoms with Gasteiger partial charge in [-0.3, -0.25) is 14.7 Å². The lowest BCUT2D eigenvalue weighted by molar-refractivity contribution is -0.125. The number of nitrogens with one attached hydrogen (secondary N) is 3. The quantitative estimate of drug-likeness (QED) is 0.720. The molecule has 7 nitrogen and oxygen atoms in total. The molecule has 1 aliphatic rings. The van der Waals surface area contributed by atoms with E-state index >= 15 is 0 Å². The van der Waals surface area contributed by atoms with Gasteiger partial charge in [0.1, 0.15) is 0 Å². The number of aromatic nitrogens is 2. The number of piperidine rings is 1. The summed E-state index contributed by atoms with van der Waals surface area (Å²) >= 11 is 0. The molecule has 1 fully saturated rings. The molecule has 0 aliphatic carbocycles. The molecule has 7 heteroatoms. The standard InChI is InChI=1S/C13H21N5O2/c1-9-7-12(17-16-9)18-5-3-11(4-6-18)15-13(20)8-14-10(2)19/h7,11H,3-6,8H2,1-2H3,(H,14,19)(H,15,20)(H,16,17). The van der Waals surface area contributed by atoms with E-state index in [4.69, 9.17) is 0 Å². The van der Waals surface area contributed by atoms with Gasteiger partial charge >= 0.3 is 0 Å². The third-order valence-electron chi connectivity index (χ3n) is 3.37. The summed E-state index contributed by atoms with van der Waals surface area (Å²) in [7, 11) is 0. The summed E-state index contributed by atoms with van der Waals surface area (Å²) in [6, 6.07) is 2.20. The van der Waals surface area contributed by atoms with Gasteiger partial charge in [-0.2, -0.15) is 5.10 Å². The van der Waals surface area contributed by atoms with Crippen LogP contribution in [0.3, 0.4) is 0 Å². The molecule has 0 spiro atoms. The van der Waals surface area contributed by atoms with Crippen molar-refractivity contribution in [2.24, 2.45) is 0 Å². The van der Waals surface area contributed by atoms with E-state index < -0.39 is 0 Å². The molecule has 1 aromatic heterocycles. The molecule has 0 bridgehead atoms. The van der Waals surface area contributed by atoms with Crippen LogP contribution in [0.1, 0.15) is 25.5 Å². The van der Waals surface area contributed by atoms with Crippen LogP contribution >= 0.6 is 0 Å². The molecule has 3 N–H and O–H groups in total. The summed E-state index contributed by atoms with van der Waals surface area (Å²) in [5, 5.41) is 12.6. The summed E-state index contributed by atoms with van der Waals surface area (Å²) in [6.45, 7) is 5.17. The molecule has 0 aromatic carbocycles. The minimum Gasteiger partial charge on any atom is -0.355 e. The van der Waals surface area contributed by atoms with Crippen molar-refractivity contribution in [1.29, 1.82) is 0 Å². The molecular formula is C13H21N5O2. The second kappa shape index (κ2) is 6.40. The SMILES string of the molecule is CC(=O)NCC(=O)NC1CCN(c2cc(C)[nH]n2)CC1. The summed E-state index contributed by atoms with van der Waals surface area (Å²) < 4.78 is 0. The maximum absolute atomic E-state index is 11.6. The van der Waals surface area contributed by atoms with Crippen LogP contribution in [0.15, 0.2) is 6.07 Å². The van der Waals surface area contributed by atoms with Gasteiger partial charge in [0.2, 0.25) is 11.8 Å². The Morgan fingerprint density at radius 2 is 2.15 bits per heavy atom. The van der Waals surface area contributed by atoms with Gasteiger partial charge in [-0.1, -0.05) is 0 Å². The average Bonchev–Trinajstić information content (AvgIpc) is 2.84. The maximum atomic E-state index is 11.6. The van der Waals surface area contributed by atoms with Crippen molar-refractivity contribution in [3.05, 3.63) is 11.8 Å². The highest BCUT2D eigenvalue weighted by Crippen LogP contribution is 2.18. The maximum Gasteiger partial charge on any atom is 0.239 e. The Morgan fingerprint density at radius 3 is 2.70 bits per heavy atom. The molecular weight excluding hydrogens is 258 g/mol. The van der Waals surface area contributed by atoms with Gasteiger partial charge in [0.25, 0.3) is 0 Å². The highest BCUT2D eigenvalue weighted by molar-refractivity contribution is 5.83. The van der Waals surface area contributed by atoms with Crippen molar-refractivity contribution in [2.45, 2.75) is 32.7 Å². The third-order valence-corrected chi connectivity index (χ3v) is 3.37. The molecule has 110 valence electrons. The Morgan fingerprint density at radius 1 is 1.45 bits per heavy atom. The number of hydrogen-bond donors (Lipinski definition) is 3. The molecule has 1 saturated heterocycles. The molecule has 1 aliphatic heterocycles. The van der Waals surface area contributed by atoms with Crippen molar-refractivity contribution in [2.75, 3.05) is 24.5 Å². The van der Waals surface area contributed by atoms with Gasteiger partial charge in [0.15, 0.2) is 5.82 Å². The topological polar surface area (TPSA) is 90.1 Å². The van der Waals surface area contributed by atoms with Crippen molar-refractivity contribution < 1.29 is 9.59 Å². The second-order valence-corrected chi connectivity index (χ2v) is 5.15. The Labute approximate surface area is 118 Å². The molecule has 20 heavy (non-hydrogen) atoms. The first kappa shape index (κ1) is 14.4. The zero-order valence-corrected chi connectivity index (χ0v) is 11.9. The number of anilines is 1. The number of nitrogens with zero attached hydrogens (tertiary/aromatic N) is 2. The van der Waals surface area contributed by atoms with E-state index in [1.54, 1.807) is 0 Å². The molecule has 2 rings (SSSR count). The fourth-order valence-corrected chi connectivity index (χ4v) is 2.30. The van der Waals surface area contributed by atoms with Crippen LogP contribution in [-0.2, 0) is 9.59 Å². The molecule has 0 unspecified atom stereocenters. The van der Waals surface area contributed by atoms with Crippen molar-refractivity contribution >= 4 is 17.6 Å². The molecule has 2 heterocycles.